The number of imidazole rings is 1. The molecule has 1 amide bonds. The van der Waals surface area contributed by atoms with Crippen molar-refractivity contribution < 1.29 is 42.4 Å². The van der Waals surface area contributed by atoms with E-state index in [0.717, 1.165) is 18.2 Å². The zero-order valence-electron chi connectivity index (χ0n) is 22.0. The molecule has 1 aromatic heterocycles. The molecule has 12 heteroatoms. The van der Waals surface area contributed by atoms with Crippen molar-refractivity contribution in [2.45, 2.75) is 70.2 Å². The molecule has 3 aromatic rings. The van der Waals surface area contributed by atoms with Crippen molar-refractivity contribution in [1.82, 2.24) is 9.55 Å². The number of hydrogen-bond donors (Lipinski definition) is 2. The maximum absolute atomic E-state index is 14.3. The van der Waals surface area contributed by atoms with Gasteiger partial charge in [0.15, 0.2) is 0 Å². The summed E-state index contributed by atoms with van der Waals surface area (Å²) in [7, 11) is 1.32. The van der Waals surface area contributed by atoms with Crippen molar-refractivity contribution in [3.63, 3.8) is 0 Å². The average Bonchev–Trinajstić information content (AvgIpc) is 3.32. The quantitative estimate of drug-likeness (QED) is 0.378. The molecule has 2 aromatic carbocycles. The molecule has 214 valence electrons. The number of fused-ring (bicyclic) bond motifs is 3. The van der Waals surface area contributed by atoms with Gasteiger partial charge in [-0.1, -0.05) is 6.42 Å². The van der Waals surface area contributed by atoms with Crippen LogP contribution in [0.25, 0.3) is 11.0 Å². The van der Waals surface area contributed by atoms with Gasteiger partial charge >= 0.3 is 18.7 Å². The Balaban J connectivity index is 1.71. The van der Waals surface area contributed by atoms with Gasteiger partial charge in [-0.2, -0.15) is 8.78 Å². The van der Waals surface area contributed by atoms with Crippen LogP contribution in [-0.4, -0.2) is 51.6 Å². The summed E-state index contributed by atoms with van der Waals surface area (Å²) in [6, 6.07) is 5.74. The molecule has 2 aliphatic rings. The maximum Gasteiger partial charge on any atom is 0.412 e. The van der Waals surface area contributed by atoms with Crippen molar-refractivity contribution in [1.29, 1.82) is 0 Å². The van der Waals surface area contributed by atoms with Gasteiger partial charge in [-0.15, -0.1) is 0 Å². The summed E-state index contributed by atoms with van der Waals surface area (Å²) in [5, 5.41) is 21.4. The van der Waals surface area contributed by atoms with E-state index in [1.54, 1.807) is 16.7 Å². The molecule has 1 fully saturated rings. The number of aromatic nitrogens is 2. The number of carboxylic acid groups (broad SMARTS) is 1. The number of carbonyl (C=O) groups excluding carboxylic acids is 1. The maximum atomic E-state index is 14.3. The number of aliphatic hydroxyl groups excluding tert-OH is 1. The Kier molecular flexibility index (Phi) is 7.63. The molecule has 0 spiro atoms. The highest BCUT2D eigenvalue weighted by molar-refractivity contribution is 5.94. The highest BCUT2D eigenvalue weighted by atomic mass is 19.3. The second kappa shape index (κ2) is 11.0. The van der Waals surface area contributed by atoms with Gasteiger partial charge in [-0.05, 0) is 69.4 Å². The number of amides is 1. The Labute approximate surface area is 228 Å². The first-order valence-corrected chi connectivity index (χ1v) is 13.2. The molecule has 0 bridgehead atoms. The van der Waals surface area contributed by atoms with Gasteiger partial charge in [0.25, 0.3) is 0 Å². The predicted octanol–water partition coefficient (Wildman–Crippen LogP) is 5.58. The summed E-state index contributed by atoms with van der Waals surface area (Å²) in [5.74, 6) is -1.84. The number of hydrogen-bond acceptors (Lipinski definition) is 6. The van der Waals surface area contributed by atoms with E-state index >= 15 is 0 Å². The van der Waals surface area contributed by atoms with Crippen molar-refractivity contribution in [3.05, 3.63) is 53.1 Å². The third-order valence-corrected chi connectivity index (χ3v) is 7.96. The summed E-state index contributed by atoms with van der Waals surface area (Å²) in [6.45, 7) is -1.39. The van der Waals surface area contributed by atoms with Crippen LogP contribution in [-0.2, 0) is 16.0 Å². The van der Waals surface area contributed by atoms with Gasteiger partial charge in [0.1, 0.15) is 23.5 Å². The number of nitrogens with zero attached hydrogens (tertiary/aromatic N) is 3. The highest BCUT2D eigenvalue weighted by Gasteiger charge is 2.36. The van der Waals surface area contributed by atoms with E-state index in [0.29, 0.717) is 60.8 Å². The van der Waals surface area contributed by atoms with Gasteiger partial charge in [0.05, 0.1) is 29.7 Å². The van der Waals surface area contributed by atoms with Crippen LogP contribution < -0.4 is 9.64 Å². The lowest BCUT2D eigenvalue weighted by Gasteiger charge is -2.33. The number of anilines is 1. The number of esters is 1. The lowest BCUT2D eigenvalue weighted by molar-refractivity contribution is -0.147. The lowest BCUT2D eigenvalue weighted by Crippen LogP contribution is -2.41. The average molecular weight is 562 g/mol. The van der Waals surface area contributed by atoms with Gasteiger partial charge < -0.3 is 24.3 Å². The fourth-order valence-corrected chi connectivity index (χ4v) is 6.14. The number of benzene rings is 2. The van der Waals surface area contributed by atoms with Crippen LogP contribution in [0.1, 0.15) is 68.1 Å². The fraction of sp³-hybridized carbons (Fsp3) is 0.464. The van der Waals surface area contributed by atoms with Crippen molar-refractivity contribution in [2.75, 3.05) is 12.0 Å². The molecule has 1 saturated carbocycles. The highest BCUT2D eigenvalue weighted by Crippen LogP contribution is 2.43. The molecular weight excluding hydrogens is 531 g/mol. The summed E-state index contributed by atoms with van der Waals surface area (Å²) in [5.41, 5.74) is 1.97. The van der Waals surface area contributed by atoms with Crippen LogP contribution >= 0.6 is 0 Å². The number of aryl methyl sites for hydroxylation is 1. The molecule has 5 rings (SSSR count). The number of aliphatic hydroxyl groups is 1. The molecule has 40 heavy (non-hydrogen) atoms. The second-order valence-corrected chi connectivity index (χ2v) is 10.3. The van der Waals surface area contributed by atoms with E-state index in [1.807, 2.05) is 6.92 Å². The third-order valence-electron chi connectivity index (χ3n) is 7.96. The number of rotatable bonds is 6. The van der Waals surface area contributed by atoms with E-state index in [4.69, 9.17) is 9.72 Å². The Bertz CT molecular complexity index is 1440. The minimum atomic E-state index is -3.20. The summed E-state index contributed by atoms with van der Waals surface area (Å²) >= 11 is 0. The van der Waals surface area contributed by atoms with E-state index in [1.165, 1.54) is 12.0 Å². The van der Waals surface area contributed by atoms with Crippen molar-refractivity contribution in [2.24, 2.45) is 5.92 Å². The minimum Gasteiger partial charge on any atom is -0.469 e. The van der Waals surface area contributed by atoms with E-state index in [2.05, 4.69) is 4.74 Å². The fourth-order valence-electron chi connectivity index (χ4n) is 6.14. The smallest absolute Gasteiger partial charge is 0.412 e. The summed E-state index contributed by atoms with van der Waals surface area (Å²) in [6.07, 6.45) is 0.652. The van der Waals surface area contributed by atoms with Crippen LogP contribution in [0.15, 0.2) is 30.3 Å². The Morgan fingerprint density at radius 2 is 1.93 bits per heavy atom. The molecular formula is C28H30F3N3O6. The molecule has 4 atom stereocenters. The number of alkyl halides is 2. The number of methoxy groups -OCH3 is 1. The topological polar surface area (TPSA) is 114 Å². The van der Waals surface area contributed by atoms with Gasteiger partial charge in [0, 0.05) is 23.2 Å². The zero-order chi connectivity index (χ0) is 28.7. The molecule has 0 saturated heterocycles. The zero-order valence-corrected chi connectivity index (χ0v) is 22.0. The standard InChI is InChI=1S/C28H30F3N3O6/c1-14-6-8-18-20(33(14)28(37)38)9-10-21-23(18)32-25(34(21)17-5-3-4-15(12-17)26(36)39-2)24(35)19-13-16(29)7-11-22(19)40-27(30)31/h7,9-11,13-15,17,24,27,35H,3-6,8,12H2,1-2H3,(H,37,38)/t14-,15+,17+,24?/m0/s1. The Morgan fingerprint density at radius 3 is 2.62 bits per heavy atom. The second-order valence-electron chi connectivity index (χ2n) is 10.3. The number of ether oxygens (including phenoxy) is 2. The predicted molar refractivity (Wildman–Crippen MR) is 138 cm³/mol. The van der Waals surface area contributed by atoms with Gasteiger partial charge in [-0.3, -0.25) is 9.69 Å². The van der Waals surface area contributed by atoms with E-state index in [9.17, 15) is 33.0 Å². The van der Waals surface area contributed by atoms with Crippen molar-refractivity contribution >= 4 is 28.8 Å². The first-order chi connectivity index (χ1) is 19.1. The monoisotopic (exact) mass is 561 g/mol. The van der Waals surface area contributed by atoms with Crippen LogP contribution in [0.2, 0.25) is 0 Å². The largest absolute Gasteiger partial charge is 0.469 e. The number of halogens is 3. The van der Waals surface area contributed by atoms with Crippen LogP contribution in [0.4, 0.5) is 23.7 Å². The molecule has 9 nitrogen and oxygen atoms in total. The normalized spacial score (nSPS) is 21.8. The molecule has 1 aliphatic heterocycles. The van der Waals surface area contributed by atoms with E-state index in [-0.39, 0.29) is 35.4 Å². The molecule has 1 aliphatic carbocycles. The third kappa shape index (κ3) is 4.96. The Morgan fingerprint density at radius 1 is 1.15 bits per heavy atom. The molecule has 1 unspecified atom stereocenters. The van der Waals surface area contributed by atoms with Crippen LogP contribution in [0, 0.1) is 11.7 Å². The molecule has 2 heterocycles. The van der Waals surface area contributed by atoms with Crippen molar-refractivity contribution in [3.8, 4) is 5.75 Å². The van der Waals surface area contributed by atoms with E-state index < -0.39 is 30.4 Å². The summed E-state index contributed by atoms with van der Waals surface area (Å²) in [4.78, 5) is 30.5. The molecule has 0 radical (unpaired) electrons. The SMILES string of the molecule is COC(=O)[C@@H]1CCC[C@@H](n2c(C(O)c3cc(F)ccc3OC(F)F)nc3c4c(ccc32)N(C(=O)O)[C@@H](C)CC4)C1. The first kappa shape index (κ1) is 27.8. The molecule has 2 N–H and O–H groups in total. The lowest BCUT2D eigenvalue weighted by atomic mass is 9.85. The Hall–Kier alpha value is -3.80. The first-order valence-electron chi connectivity index (χ1n) is 13.2. The van der Waals surface area contributed by atoms with Crippen LogP contribution in [0.3, 0.4) is 0 Å². The summed E-state index contributed by atoms with van der Waals surface area (Å²) < 4.78 is 51.9. The van der Waals surface area contributed by atoms with Gasteiger partial charge in [-0.25, -0.2) is 14.2 Å². The van der Waals surface area contributed by atoms with Crippen LogP contribution in [0.5, 0.6) is 5.75 Å². The van der Waals surface area contributed by atoms with Gasteiger partial charge in [0.2, 0.25) is 0 Å². The number of carbonyl (C=O) groups is 2. The minimum absolute atomic E-state index is 0.0594.